The second-order valence-electron chi connectivity index (χ2n) is 12.3. The van der Waals surface area contributed by atoms with Crippen LogP contribution in [0.4, 0.5) is 18.9 Å². The summed E-state index contributed by atoms with van der Waals surface area (Å²) in [4.78, 5) is 29.5. The number of rotatable bonds is 9. The molecule has 0 aliphatic carbocycles. The number of alkyl halides is 3. The first-order chi connectivity index (χ1) is 22.0. The van der Waals surface area contributed by atoms with Crippen LogP contribution in [0.1, 0.15) is 68.8 Å². The quantitative estimate of drug-likeness (QED) is 0.363. The van der Waals surface area contributed by atoms with Gasteiger partial charge in [0.15, 0.2) is 0 Å². The number of likely N-dealkylation sites (N-methyl/N-ethyl adjacent to an activating group) is 1. The number of amides is 2. The second-order valence-corrected chi connectivity index (χ2v) is 14.0. The fourth-order valence-electron chi connectivity index (χ4n) is 5.19. The Morgan fingerprint density at radius 2 is 1.83 bits per heavy atom. The van der Waals surface area contributed by atoms with E-state index in [9.17, 15) is 36.3 Å². The Balaban J connectivity index is 1.95. The van der Waals surface area contributed by atoms with Gasteiger partial charge < -0.3 is 24.4 Å². The molecule has 2 amide bonds. The third kappa shape index (κ3) is 11.4. The molecule has 14 heteroatoms. The fourth-order valence-corrected chi connectivity index (χ4v) is 6.24. The highest BCUT2D eigenvalue weighted by Crippen LogP contribution is 2.30. The highest BCUT2D eigenvalue weighted by molar-refractivity contribution is 7.92. The van der Waals surface area contributed by atoms with Crippen LogP contribution >= 0.6 is 0 Å². The van der Waals surface area contributed by atoms with Crippen LogP contribution in [0.15, 0.2) is 47.4 Å². The number of hydrogen-bond donors (Lipinski definition) is 2. The summed E-state index contributed by atoms with van der Waals surface area (Å²) in [7, 11) is -2.56. The van der Waals surface area contributed by atoms with Crippen molar-refractivity contribution in [3.63, 3.8) is 0 Å². The number of aliphatic hydroxyl groups excluding tert-OH is 1. The summed E-state index contributed by atoms with van der Waals surface area (Å²) in [5, 5.41) is 10.1. The maximum absolute atomic E-state index is 14.2. The van der Waals surface area contributed by atoms with Crippen LogP contribution in [0.2, 0.25) is 0 Å². The van der Waals surface area contributed by atoms with Crippen molar-refractivity contribution < 1.29 is 45.8 Å². The number of anilines is 1. The van der Waals surface area contributed by atoms with E-state index in [2.05, 4.69) is 4.72 Å². The minimum absolute atomic E-state index is 0.00837. The number of nitrogens with one attached hydrogen (secondary N) is 1. The molecule has 0 radical (unpaired) electrons. The first-order valence-corrected chi connectivity index (χ1v) is 17.2. The molecule has 0 aromatic heterocycles. The molecule has 0 saturated carbocycles. The molecule has 4 atom stereocenters. The largest absolute Gasteiger partial charge is 0.490 e. The van der Waals surface area contributed by atoms with Crippen molar-refractivity contribution in [3.05, 3.63) is 53.6 Å². The van der Waals surface area contributed by atoms with Crippen LogP contribution < -0.4 is 9.46 Å². The number of ether oxygens (including phenoxy) is 2. The summed E-state index contributed by atoms with van der Waals surface area (Å²) < 4.78 is 79.4. The molecule has 10 nitrogen and oxygen atoms in total. The van der Waals surface area contributed by atoms with Crippen LogP contribution in [0.3, 0.4) is 0 Å². The molecule has 0 spiro atoms. The van der Waals surface area contributed by atoms with Gasteiger partial charge >= 0.3 is 6.18 Å². The summed E-state index contributed by atoms with van der Waals surface area (Å²) in [6.45, 7) is 7.18. The highest BCUT2D eigenvalue weighted by Gasteiger charge is 2.32. The van der Waals surface area contributed by atoms with Gasteiger partial charge in [0.05, 0.1) is 41.7 Å². The van der Waals surface area contributed by atoms with Gasteiger partial charge in [0.2, 0.25) is 5.91 Å². The van der Waals surface area contributed by atoms with Crippen LogP contribution in [0.25, 0.3) is 0 Å². The number of fused-ring (bicyclic) bond motifs is 1. The van der Waals surface area contributed by atoms with Crippen molar-refractivity contribution in [1.82, 2.24) is 9.80 Å². The lowest BCUT2D eigenvalue weighted by Gasteiger charge is -2.36. The predicted molar refractivity (Wildman–Crippen MR) is 172 cm³/mol. The minimum atomic E-state index is -4.46. The highest BCUT2D eigenvalue weighted by atomic mass is 32.2. The zero-order valence-electron chi connectivity index (χ0n) is 27.5. The molecule has 0 unspecified atom stereocenters. The minimum Gasteiger partial charge on any atom is -0.490 e. The normalized spacial score (nSPS) is 20.8. The van der Waals surface area contributed by atoms with Gasteiger partial charge in [-0.2, -0.15) is 13.2 Å². The van der Waals surface area contributed by atoms with Crippen LogP contribution in [-0.2, 0) is 19.6 Å². The standard InChI is InChI=1S/C33H46F3N3O7S/c1-22-9-12-27(13-10-22)47(43,44)37-26-11-14-29-28(18-26)32(42)39(24(3)21-40)19-23(2)30(45-17-7-6-8-25(4)46-29)20-38(5)31(41)15-16-33(34,35)36/h9-14,18,23-25,30,37,40H,6-8,15-17,19-21H2,1-5H3/t23-,24+,25-,30+/m1/s1. The lowest BCUT2D eigenvalue weighted by molar-refractivity contribution is -0.149. The van der Waals surface area contributed by atoms with E-state index in [4.69, 9.17) is 9.47 Å². The summed E-state index contributed by atoms with van der Waals surface area (Å²) in [6.07, 6.45) is -5.31. The Kier molecular flexibility index (Phi) is 13.5. The van der Waals surface area contributed by atoms with Gasteiger partial charge in [-0.25, -0.2) is 8.42 Å². The van der Waals surface area contributed by atoms with Gasteiger partial charge in [0.25, 0.3) is 15.9 Å². The van der Waals surface area contributed by atoms with E-state index in [1.165, 1.54) is 41.1 Å². The molecule has 0 fully saturated rings. The Bertz CT molecular complexity index is 1450. The van der Waals surface area contributed by atoms with Crippen LogP contribution in [0.5, 0.6) is 5.75 Å². The van der Waals surface area contributed by atoms with Crippen LogP contribution in [0, 0.1) is 12.8 Å². The van der Waals surface area contributed by atoms with Gasteiger partial charge in [0.1, 0.15) is 5.75 Å². The third-order valence-corrected chi connectivity index (χ3v) is 9.53. The molecular formula is C33H46F3N3O7S. The maximum Gasteiger partial charge on any atom is 0.389 e. The summed E-state index contributed by atoms with van der Waals surface area (Å²) in [5.74, 6) is -1.36. The summed E-state index contributed by atoms with van der Waals surface area (Å²) in [5.41, 5.74) is 1.12. The summed E-state index contributed by atoms with van der Waals surface area (Å²) >= 11 is 0. The molecule has 262 valence electrons. The molecule has 1 aliphatic heterocycles. The monoisotopic (exact) mass is 685 g/mol. The molecule has 0 saturated heterocycles. The van der Waals surface area contributed by atoms with Gasteiger partial charge in [-0.05, 0) is 70.4 Å². The van der Waals surface area contributed by atoms with Gasteiger partial charge in [-0.1, -0.05) is 24.6 Å². The number of hydrogen-bond acceptors (Lipinski definition) is 7. The topological polar surface area (TPSA) is 125 Å². The lowest BCUT2D eigenvalue weighted by Crippen LogP contribution is -2.48. The average molecular weight is 686 g/mol. The fraction of sp³-hybridized carbons (Fsp3) is 0.576. The molecule has 2 aromatic rings. The number of carbonyl (C=O) groups is 2. The second kappa shape index (κ2) is 16.6. The maximum atomic E-state index is 14.2. The molecular weight excluding hydrogens is 639 g/mol. The average Bonchev–Trinajstić information content (AvgIpc) is 3.00. The van der Waals surface area contributed by atoms with E-state index < -0.39 is 58.9 Å². The smallest absolute Gasteiger partial charge is 0.389 e. The van der Waals surface area contributed by atoms with Crippen LogP contribution in [-0.4, -0.2) is 92.9 Å². The number of halogens is 3. The van der Waals surface area contributed by atoms with Crippen molar-refractivity contribution >= 4 is 27.5 Å². The number of aryl methyl sites for hydroxylation is 1. The van der Waals surface area contributed by atoms with Crippen molar-refractivity contribution in [2.75, 3.05) is 38.1 Å². The molecule has 1 aliphatic rings. The van der Waals surface area contributed by atoms with E-state index in [1.54, 1.807) is 32.0 Å². The van der Waals surface area contributed by atoms with Gasteiger partial charge in [-0.3, -0.25) is 14.3 Å². The van der Waals surface area contributed by atoms with Crippen molar-refractivity contribution in [2.45, 2.75) is 89.1 Å². The predicted octanol–water partition coefficient (Wildman–Crippen LogP) is 5.39. The van der Waals surface area contributed by atoms with Gasteiger partial charge in [-0.15, -0.1) is 0 Å². The molecule has 2 aromatic carbocycles. The molecule has 47 heavy (non-hydrogen) atoms. The zero-order chi connectivity index (χ0) is 34.9. The van der Waals surface area contributed by atoms with E-state index >= 15 is 0 Å². The molecule has 2 N–H and O–H groups in total. The first kappa shape index (κ1) is 38.1. The van der Waals surface area contributed by atoms with E-state index in [-0.39, 0.29) is 47.7 Å². The van der Waals surface area contributed by atoms with E-state index in [0.717, 1.165) is 5.56 Å². The third-order valence-electron chi connectivity index (χ3n) is 8.14. The van der Waals surface area contributed by atoms with E-state index in [0.29, 0.717) is 25.9 Å². The van der Waals surface area contributed by atoms with Crippen molar-refractivity contribution in [2.24, 2.45) is 5.92 Å². The number of aliphatic hydroxyl groups is 1. The Morgan fingerprint density at radius 3 is 2.47 bits per heavy atom. The zero-order valence-corrected chi connectivity index (χ0v) is 28.4. The number of carbonyl (C=O) groups excluding carboxylic acids is 2. The number of benzene rings is 2. The Hall–Kier alpha value is -3.36. The lowest BCUT2D eigenvalue weighted by atomic mass is 10.0. The summed E-state index contributed by atoms with van der Waals surface area (Å²) in [6, 6.07) is 10.1. The van der Waals surface area contributed by atoms with E-state index in [1.807, 2.05) is 13.8 Å². The Morgan fingerprint density at radius 1 is 1.15 bits per heavy atom. The number of nitrogens with zero attached hydrogens (tertiary/aromatic N) is 2. The molecule has 1 heterocycles. The molecule has 0 bridgehead atoms. The SMILES string of the molecule is Cc1ccc(S(=O)(=O)Nc2ccc3c(c2)C(=O)N([C@@H](C)CO)C[C@@H](C)[C@H](CN(C)C(=O)CCC(F)(F)F)OCCCC[C@@H](C)O3)cc1. The first-order valence-electron chi connectivity index (χ1n) is 15.7. The van der Waals surface area contributed by atoms with Crippen molar-refractivity contribution in [3.8, 4) is 5.75 Å². The number of sulfonamides is 1. The molecule has 3 rings (SSSR count). The van der Waals surface area contributed by atoms with Crippen molar-refractivity contribution in [1.29, 1.82) is 0 Å². The van der Waals surface area contributed by atoms with Gasteiger partial charge in [0, 0.05) is 44.8 Å². The Labute approximate surface area is 275 Å².